The van der Waals surface area contributed by atoms with Crippen molar-refractivity contribution < 1.29 is 23.4 Å². The topological polar surface area (TPSA) is 65.9 Å². The SMILES string of the molecule is COc1cc(C(=O)N2CCN(CC(F)(F)CO)CC2)c2ccccc2n1. The number of carbonyl (C=O) groups is 1. The molecule has 3 rings (SSSR count). The lowest BCUT2D eigenvalue weighted by Gasteiger charge is -2.36. The highest BCUT2D eigenvalue weighted by Gasteiger charge is 2.33. The van der Waals surface area contributed by atoms with Crippen molar-refractivity contribution in [2.75, 3.05) is 46.4 Å². The summed E-state index contributed by atoms with van der Waals surface area (Å²) >= 11 is 0. The number of halogens is 2. The Labute approximate surface area is 150 Å². The predicted molar refractivity (Wildman–Crippen MR) is 92.7 cm³/mol. The zero-order valence-corrected chi connectivity index (χ0v) is 14.5. The molecule has 1 aromatic heterocycles. The number of methoxy groups -OCH3 is 1. The van der Waals surface area contributed by atoms with Crippen molar-refractivity contribution in [3.05, 3.63) is 35.9 Å². The van der Waals surface area contributed by atoms with E-state index in [9.17, 15) is 13.6 Å². The van der Waals surface area contributed by atoms with Crippen LogP contribution in [0.4, 0.5) is 8.78 Å². The number of pyridine rings is 1. The number of rotatable bonds is 5. The molecule has 0 saturated carbocycles. The molecule has 0 aliphatic carbocycles. The van der Waals surface area contributed by atoms with E-state index in [-0.39, 0.29) is 5.91 Å². The summed E-state index contributed by atoms with van der Waals surface area (Å²) in [4.78, 5) is 20.5. The summed E-state index contributed by atoms with van der Waals surface area (Å²) in [5.41, 5.74) is 1.15. The van der Waals surface area contributed by atoms with E-state index in [0.717, 1.165) is 5.39 Å². The molecular weight excluding hydrogens is 344 g/mol. The van der Waals surface area contributed by atoms with E-state index in [4.69, 9.17) is 9.84 Å². The number of hydrogen-bond acceptors (Lipinski definition) is 5. The second-order valence-corrected chi connectivity index (χ2v) is 6.31. The Bertz CT molecular complexity index is 792. The third-order valence-corrected chi connectivity index (χ3v) is 4.48. The first-order valence-electron chi connectivity index (χ1n) is 8.37. The highest BCUT2D eigenvalue weighted by atomic mass is 19.3. The summed E-state index contributed by atoms with van der Waals surface area (Å²) in [5.74, 6) is -2.94. The van der Waals surface area contributed by atoms with E-state index in [1.807, 2.05) is 24.3 Å². The molecule has 2 aromatic rings. The maximum atomic E-state index is 13.3. The fraction of sp³-hybridized carbons (Fsp3) is 0.444. The number of aliphatic hydroxyl groups excluding tert-OH is 1. The molecule has 0 spiro atoms. The smallest absolute Gasteiger partial charge is 0.283 e. The average Bonchev–Trinajstić information content (AvgIpc) is 2.67. The highest BCUT2D eigenvalue weighted by molar-refractivity contribution is 6.06. The van der Waals surface area contributed by atoms with Gasteiger partial charge in [0.05, 0.1) is 24.7 Å². The molecule has 2 heterocycles. The summed E-state index contributed by atoms with van der Waals surface area (Å²) in [5, 5.41) is 9.43. The second-order valence-electron chi connectivity index (χ2n) is 6.31. The molecular formula is C18H21F2N3O3. The summed E-state index contributed by atoms with van der Waals surface area (Å²) in [6, 6.07) is 8.92. The number of amides is 1. The fourth-order valence-corrected chi connectivity index (χ4v) is 3.09. The first-order chi connectivity index (χ1) is 12.4. The molecule has 0 radical (unpaired) electrons. The van der Waals surface area contributed by atoms with Crippen molar-refractivity contribution >= 4 is 16.8 Å². The minimum absolute atomic E-state index is 0.171. The number of aromatic nitrogens is 1. The largest absolute Gasteiger partial charge is 0.481 e. The lowest BCUT2D eigenvalue weighted by atomic mass is 10.1. The van der Waals surface area contributed by atoms with Gasteiger partial charge in [-0.3, -0.25) is 9.69 Å². The molecule has 1 aromatic carbocycles. The van der Waals surface area contributed by atoms with Crippen molar-refractivity contribution in [2.24, 2.45) is 0 Å². The number of alkyl halides is 2. The first-order valence-corrected chi connectivity index (χ1v) is 8.37. The quantitative estimate of drug-likeness (QED) is 0.873. The Hall–Kier alpha value is -2.32. The molecule has 0 unspecified atom stereocenters. The number of ether oxygens (including phenoxy) is 1. The molecule has 1 N–H and O–H groups in total. The lowest BCUT2D eigenvalue weighted by molar-refractivity contribution is -0.0773. The Morgan fingerprint density at radius 1 is 1.27 bits per heavy atom. The van der Waals surface area contributed by atoms with Crippen LogP contribution in [0.3, 0.4) is 0 Å². The molecule has 140 valence electrons. The molecule has 1 aliphatic rings. The summed E-state index contributed by atoms with van der Waals surface area (Å²) in [6.45, 7) is -0.311. The fourth-order valence-electron chi connectivity index (χ4n) is 3.09. The van der Waals surface area contributed by atoms with Gasteiger partial charge >= 0.3 is 0 Å². The van der Waals surface area contributed by atoms with E-state index < -0.39 is 19.1 Å². The number of aliphatic hydroxyl groups is 1. The molecule has 1 saturated heterocycles. The third-order valence-electron chi connectivity index (χ3n) is 4.48. The van der Waals surface area contributed by atoms with E-state index in [1.165, 1.54) is 7.11 Å². The molecule has 0 bridgehead atoms. The van der Waals surface area contributed by atoms with Crippen LogP contribution in [0.5, 0.6) is 5.88 Å². The van der Waals surface area contributed by atoms with E-state index in [2.05, 4.69) is 4.98 Å². The summed E-state index contributed by atoms with van der Waals surface area (Å²) in [6.07, 6.45) is 0. The minimum Gasteiger partial charge on any atom is -0.481 e. The van der Waals surface area contributed by atoms with Crippen LogP contribution in [-0.4, -0.2) is 78.2 Å². The van der Waals surface area contributed by atoms with Gasteiger partial charge in [-0.25, -0.2) is 13.8 Å². The maximum Gasteiger partial charge on any atom is 0.283 e. The molecule has 6 nitrogen and oxygen atoms in total. The lowest BCUT2D eigenvalue weighted by Crippen LogP contribution is -2.52. The third kappa shape index (κ3) is 3.91. The van der Waals surface area contributed by atoms with Gasteiger partial charge in [-0.15, -0.1) is 0 Å². The zero-order valence-electron chi connectivity index (χ0n) is 14.5. The molecule has 1 amide bonds. The number of fused-ring (bicyclic) bond motifs is 1. The maximum absolute atomic E-state index is 13.3. The van der Waals surface area contributed by atoms with Crippen LogP contribution in [0.1, 0.15) is 10.4 Å². The number of para-hydroxylation sites is 1. The van der Waals surface area contributed by atoms with Gasteiger partial charge in [0, 0.05) is 37.6 Å². The van der Waals surface area contributed by atoms with Crippen LogP contribution in [-0.2, 0) is 0 Å². The van der Waals surface area contributed by atoms with Crippen molar-refractivity contribution in [1.82, 2.24) is 14.8 Å². The monoisotopic (exact) mass is 365 g/mol. The first kappa shape index (κ1) is 18.5. The van der Waals surface area contributed by atoms with Crippen LogP contribution in [0.2, 0.25) is 0 Å². The van der Waals surface area contributed by atoms with Crippen LogP contribution in [0.25, 0.3) is 10.9 Å². The summed E-state index contributed by atoms with van der Waals surface area (Å²) < 4.78 is 31.8. The zero-order chi connectivity index (χ0) is 18.7. The molecule has 8 heteroatoms. The summed E-state index contributed by atoms with van der Waals surface area (Å²) in [7, 11) is 1.49. The van der Waals surface area contributed by atoms with Crippen LogP contribution < -0.4 is 4.74 Å². The van der Waals surface area contributed by atoms with Gasteiger partial charge in [0.1, 0.15) is 6.61 Å². The number of nitrogens with zero attached hydrogens (tertiary/aromatic N) is 3. The predicted octanol–water partition coefficient (Wildman–Crippen LogP) is 1.63. The Morgan fingerprint density at radius 3 is 2.62 bits per heavy atom. The van der Waals surface area contributed by atoms with Crippen LogP contribution in [0, 0.1) is 0 Å². The van der Waals surface area contributed by atoms with Gasteiger partial charge in [0.2, 0.25) is 5.88 Å². The Balaban J connectivity index is 1.76. The number of carbonyl (C=O) groups excluding carboxylic acids is 1. The number of hydrogen-bond donors (Lipinski definition) is 1. The Kier molecular flexibility index (Phi) is 5.33. The normalized spacial score (nSPS) is 16.1. The van der Waals surface area contributed by atoms with Gasteiger partial charge < -0.3 is 14.7 Å². The van der Waals surface area contributed by atoms with Gasteiger partial charge in [0.15, 0.2) is 0 Å². The molecule has 0 atom stereocenters. The second kappa shape index (κ2) is 7.51. The molecule has 1 fully saturated rings. The van der Waals surface area contributed by atoms with E-state index in [0.29, 0.717) is 43.1 Å². The minimum atomic E-state index is -3.12. The average molecular weight is 365 g/mol. The van der Waals surface area contributed by atoms with Gasteiger partial charge in [-0.2, -0.15) is 0 Å². The van der Waals surface area contributed by atoms with Crippen molar-refractivity contribution in [3.63, 3.8) is 0 Å². The molecule has 1 aliphatic heterocycles. The van der Waals surface area contributed by atoms with Crippen LogP contribution in [0.15, 0.2) is 30.3 Å². The molecule has 26 heavy (non-hydrogen) atoms. The van der Waals surface area contributed by atoms with Gasteiger partial charge in [0.25, 0.3) is 11.8 Å². The van der Waals surface area contributed by atoms with Gasteiger partial charge in [-0.1, -0.05) is 18.2 Å². The standard InChI is InChI=1S/C18H21F2N3O3/c1-26-16-10-14(13-4-2-3-5-15(13)21-16)17(25)23-8-6-22(7-9-23)11-18(19,20)12-24/h2-5,10,24H,6-9,11-12H2,1H3. The number of benzene rings is 1. The van der Waals surface area contributed by atoms with Crippen LogP contribution >= 0.6 is 0 Å². The van der Waals surface area contributed by atoms with Crippen molar-refractivity contribution in [1.29, 1.82) is 0 Å². The van der Waals surface area contributed by atoms with E-state index in [1.54, 1.807) is 15.9 Å². The Morgan fingerprint density at radius 2 is 1.96 bits per heavy atom. The highest BCUT2D eigenvalue weighted by Crippen LogP contribution is 2.24. The van der Waals surface area contributed by atoms with Crippen molar-refractivity contribution in [2.45, 2.75) is 5.92 Å². The van der Waals surface area contributed by atoms with Crippen molar-refractivity contribution in [3.8, 4) is 5.88 Å². The number of piperazine rings is 1. The van der Waals surface area contributed by atoms with Gasteiger partial charge in [-0.05, 0) is 6.07 Å². The van der Waals surface area contributed by atoms with E-state index >= 15 is 0 Å².